The van der Waals surface area contributed by atoms with Gasteiger partial charge in [0.05, 0.1) is 6.26 Å². The number of piperidine rings is 1. The minimum absolute atomic E-state index is 0.0567. The van der Waals surface area contributed by atoms with Crippen molar-refractivity contribution in [2.75, 3.05) is 25.9 Å². The van der Waals surface area contributed by atoms with E-state index in [0.717, 1.165) is 38.9 Å². The quantitative estimate of drug-likeness (QED) is 0.861. The van der Waals surface area contributed by atoms with Gasteiger partial charge >= 0.3 is 0 Å². The van der Waals surface area contributed by atoms with Crippen molar-refractivity contribution < 1.29 is 8.42 Å². The SMILES string of the molecule is CS(=O)(=O)N[C@H]1CCCN(CCc2ccncc2)C1. The monoisotopic (exact) mass is 283 g/mol. The minimum atomic E-state index is -3.10. The van der Waals surface area contributed by atoms with Gasteiger partial charge in [0.25, 0.3) is 0 Å². The van der Waals surface area contributed by atoms with Crippen LogP contribution in [0.1, 0.15) is 18.4 Å². The zero-order valence-corrected chi connectivity index (χ0v) is 12.1. The first-order valence-electron chi connectivity index (χ1n) is 6.61. The molecule has 2 heterocycles. The number of nitrogens with one attached hydrogen (secondary N) is 1. The van der Waals surface area contributed by atoms with Gasteiger partial charge in [-0.3, -0.25) is 4.98 Å². The summed E-state index contributed by atoms with van der Waals surface area (Å²) in [6.45, 7) is 2.82. The van der Waals surface area contributed by atoms with E-state index in [0.29, 0.717) is 0 Å². The van der Waals surface area contributed by atoms with Gasteiger partial charge in [-0.1, -0.05) is 0 Å². The molecule has 0 unspecified atom stereocenters. The molecule has 19 heavy (non-hydrogen) atoms. The maximum absolute atomic E-state index is 11.2. The van der Waals surface area contributed by atoms with Crippen LogP contribution in [0, 0.1) is 0 Å². The third-order valence-corrected chi connectivity index (χ3v) is 4.11. The largest absolute Gasteiger partial charge is 0.301 e. The normalized spacial score (nSPS) is 21.4. The van der Waals surface area contributed by atoms with Crippen molar-refractivity contribution in [1.82, 2.24) is 14.6 Å². The molecule has 0 aliphatic carbocycles. The molecule has 0 spiro atoms. The molecule has 1 aromatic rings. The van der Waals surface area contributed by atoms with Crippen LogP contribution in [0.15, 0.2) is 24.5 Å². The molecule has 5 nitrogen and oxygen atoms in total. The second kappa shape index (κ2) is 6.45. The lowest BCUT2D eigenvalue weighted by atomic mass is 10.1. The first kappa shape index (κ1) is 14.4. The van der Waals surface area contributed by atoms with Crippen LogP contribution in [-0.2, 0) is 16.4 Å². The Morgan fingerprint density at radius 2 is 2.16 bits per heavy atom. The van der Waals surface area contributed by atoms with Gasteiger partial charge in [0.15, 0.2) is 0 Å². The maximum atomic E-state index is 11.2. The smallest absolute Gasteiger partial charge is 0.208 e. The molecular weight excluding hydrogens is 262 g/mol. The van der Waals surface area contributed by atoms with E-state index >= 15 is 0 Å². The molecule has 0 bridgehead atoms. The Kier molecular flexibility index (Phi) is 4.90. The Balaban J connectivity index is 1.81. The molecule has 6 heteroatoms. The molecule has 0 aromatic carbocycles. The third-order valence-electron chi connectivity index (χ3n) is 3.35. The van der Waals surface area contributed by atoms with Crippen molar-refractivity contribution in [3.63, 3.8) is 0 Å². The summed E-state index contributed by atoms with van der Waals surface area (Å²) in [6, 6.07) is 4.10. The van der Waals surface area contributed by atoms with Gasteiger partial charge in [-0.25, -0.2) is 13.1 Å². The van der Waals surface area contributed by atoms with E-state index in [1.165, 1.54) is 11.8 Å². The highest BCUT2D eigenvalue weighted by atomic mass is 32.2. The number of rotatable bonds is 5. The van der Waals surface area contributed by atoms with E-state index in [9.17, 15) is 8.42 Å². The molecule has 1 fully saturated rings. The molecule has 1 aromatic heterocycles. The van der Waals surface area contributed by atoms with E-state index in [1.807, 2.05) is 12.1 Å². The fourth-order valence-corrected chi connectivity index (χ4v) is 3.29. The van der Waals surface area contributed by atoms with Crippen LogP contribution < -0.4 is 4.72 Å². The summed E-state index contributed by atoms with van der Waals surface area (Å²) >= 11 is 0. The van der Waals surface area contributed by atoms with Gasteiger partial charge in [0, 0.05) is 31.5 Å². The fourth-order valence-electron chi connectivity index (χ4n) is 2.49. The fraction of sp³-hybridized carbons (Fsp3) is 0.615. The lowest BCUT2D eigenvalue weighted by Gasteiger charge is -2.32. The van der Waals surface area contributed by atoms with Crippen LogP contribution in [0.2, 0.25) is 0 Å². The van der Waals surface area contributed by atoms with E-state index in [4.69, 9.17) is 0 Å². The highest BCUT2D eigenvalue weighted by molar-refractivity contribution is 7.88. The number of sulfonamides is 1. The Hall–Kier alpha value is -0.980. The van der Waals surface area contributed by atoms with E-state index < -0.39 is 10.0 Å². The van der Waals surface area contributed by atoms with Gasteiger partial charge in [0.2, 0.25) is 10.0 Å². The number of pyridine rings is 1. The summed E-state index contributed by atoms with van der Waals surface area (Å²) in [5.74, 6) is 0. The molecule has 1 N–H and O–H groups in total. The number of likely N-dealkylation sites (tertiary alicyclic amines) is 1. The molecule has 106 valence electrons. The highest BCUT2D eigenvalue weighted by Gasteiger charge is 2.21. The van der Waals surface area contributed by atoms with Crippen molar-refractivity contribution in [3.8, 4) is 0 Å². The highest BCUT2D eigenvalue weighted by Crippen LogP contribution is 2.11. The Morgan fingerprint density at radius 1 is 1.42 bits per heavy atom. The van der Waals surface area contributed by atoms with Crippen LogP contribution >= 0.6 is 0 Å². The molecular formula is C13H21N3O2S. The average molecular weight is 283 g/mol. The Morgan fingerprint density at radius 3 is 2.84 bits per heavy atom. The van der Waals surface area contributed by atoms with Gasteiger partial charge < -0.3 is 4.90 Å². The first-order chi connectivity index (χ1) is 9.03. The third kappa shape index (κ3) is 5.26. The zero-order chi connectivity index (χ0) is 13.7. The van der Waals surface area contributed by atoms with Crippen LogP contribution in [0.3, 0.4) is 0 Å². The standard InChI is InChI=1S/C13H21N3O2S/c1-19(17,18)15-13-3-2-9-16(11-13)10-6-12-4-7-14-8-5-12/h4-5,7-8,13,15H,2-3,6,9-11H2,1H3/t13-/m0/s1. The van der Waals surface area contributed by atoms with Gasteiger partial charge in [-0.05, 0) is 43.5 Å². The first-order valence-corrected chi connectivity index (χ1v) is 8.50. The Bertz CT molecular complexity index is 490. The number of hydrogen-bond donors (Lipinski definition) is 1. The molecule has 1 atom stereocenters. The minimum Gasteiger partial charge on any atom is -0.301 e. The maximum Gasteiger partial charge on any atom is 0.208 e. The Labute approximate surface area is 115 Å². The topological polar surface area (TPSA) is 62.3 Å². The van der Waals surface area contributed by atoms with Crippen molar-refractivity contribution in [3.05, 3.63) is 30.1 Å². The summed E-state index contributed by atoms with van der Waals surface area (Å²) in [7, 11) is -3.10. The van der Waals surface area contributed by atoms with Gasteiger partial charge in [-0.15, -0.1) is 0 Å². The summed E-state index contributed by atoms with van der Waals surface area (Å²) in [4.78, 5) is 6.33. The van der Waals surface area contributed by atoms with Crippen molar-refractivity contribution >= 4 is 10.0 Å². The molecule has 0 saturated carbocycles. The number of nitrogens with zero attached hydrogens (tertiary/aromatic N) is 2. The predicted molar refractivity (Wildman–Crippen MR) is 75.4 cm³/mol. The van der Waals surface area contributed by atoms with Crippen LogP contribution in [0.25, 0.3) is 0 Å². The van der Waals surface area contributed by atoms with Crippen LogP contribution in [0.4, 0.5) is 0 Å². The molecule has 1 aliphatic rings. The second-order valence-electron chi connectivity index (χ2n) is 5.14. The van der Waals surface area contributed by atoms with Crippen LogP contribution in [0.5, 0.6) is 0 Å². The predicted octanol–water partition coefficient (Wildman–Crippen LogP) is 0.638. The van der Waals surface area contributed by atoms with Gasteiger partial charge in [0.1, 0.15) is 0 Å². The van der Waals surface area contributed by atoms with Crippen LogP contribution in [-0.4, -0.2) is 50.2 Å². The van der Waals surface area contributed by atoms with E-state index in [-0.39, 0.29) is 6.04 Å². The van der Waals surface area contributed by atoms with E-state index in [2.05, 4.69) is 14.6 Å². The average Bonchev–Trinajstić information content (AvgIpc) is 2.36. The number of hydrogen-bond acceptors (Lipinski definition) is 4. The molecule has 0 amide bonds. The van der Waals surface area contributed by atoms with Crippen molar-refractivity contribution in [2.24, 2.45) is 0 Å². The van der Waals surface area contributed by atoms with Gasteiger partial charge in [-0.2, -0.15) is 0 Å². The molecule has 1 aliphatic heterocycles. The summed E-state index contributed by atoms with van der Waals surface area (Å²) in [5.41, 5.74) is 1.27. The summed E-state index contributed by atoms with van der Waals surface area (Å²) in [5, 5.41) is 0. The van der Waals surface area contributed by atoms with Crippen molar-refractivity contribution in [1.29, 1.82) is 0 Å². The van der Waals surface area contributed by atoms with E-state index in [1.54, 1.807) is 12.4 Å². The second-order valence-corrected chi connectivity index (χ2v) is 6.92. The molecule has 0 radical (unpaired) electrons. The van der Waals surface area contributed by atoms with Crippen molar-refractivity contribution in [2.45, 2.75) is 25.3 Å². The summed E-state index contributed by atoms with van der Waals surface area (Å²) in [6.07, 6.45) is 7.79. The molecule has 1 saturated heterocycles. The molecule has 2 rings (SSSR count). The summed E-state index contributed by atoms with van der Waals surface area (Å²) < 4.78 is 25.2. The zero-order valence-electron chi connectivity index (χ0n) is 11.2. The lowest BCUT2D eigenvalue weighted by molar-refractivity contribution is 0.204. The number of aromatic nitrogens is 1. The lowest BCUT2D eigenvalue weighted by Crippen LogP contribution is -2.47.